The van der Waals surface area contributed by atoms with Gasteiger partial charge in [0.25, 0.3) is 5.69 Å². The van der Waals surface area contributed by atoms with Crippen molar-refractivity contribution in [3.63, 3.8) is 0 Å². The maximum absolute atomic E-state index is 10.9. The molecule has 7 nitrogen and oxygen atoms in total. The molecule has 7 heteroatoms. The highest BCUT2D eigenvalue weighted by molar-refractivity contribution is 5.54. The van der Waals surface area contributed by atoms with E-state index in [2.05, 4.69) is 34.5 Å². The Labute approximate surface area is 118 Å². The van der Waals surface area contributed by atoms with Gasteiger partial charge in [0.2, 0.25) is 0 Å². The van der Waals surface area contributed by atoms with Gasteiger partial charge in [0.1, 0.15) is 11.6 Å². The van der Waals surface area contributed by atoms with E-state index in [9.17, 15) is 10.1 Å². The van der Waals surface area contributed by atoms with Crippen LogP contribution in [0.5, 0.6) is 0 Å². The number of aromatic nitrogens is 1. The zero-order valence-corrected chi connectivity index (χ0v) is 12.1. The van der Waals surface area contributed by atoms with Gasteiger partial charge >= 0.3 is 0 Å². The van der Waals surface area contributed by atoms with Crippen molar-refractivity contribution in [1.29, 1.82) is 0 Å². The molecule has 20 heavy (non-hydrogen) atoms. The van der Waals surface area contributed by atoms with Crippen molar-refractivity contribution in [1.82, 2.24) is 9.88 Å². The van der Waals surface area contributed by atoms with Crippen LogP contribution in [-0.4, -0.2) is 47.5 Å². The van der Waals surface area contributed by atoms with Crippen LogP contribution in [0.3, 0.4) is 0 Å². The molecule has 1 aromatic heterocycles. The third-order valence-corrected chi connectivity index (χ3v) is 3.67. The lowest BCUT2D eigenvalue weighted by Gasteiger charge is -2.24. The molecule has 1 aromatic rings. The highest BCUT2D eigenvalue weighted by Crippen LogP contribution is 2.27. The van der Waals surface area contributed by atoms with Crippen molar-refractivity contribution in [2.45, 2.75) is 31.8 Å². The van der Waals surface area contributed by atoms with Gasteiger partial charge in [0, 0.05) is 25.7 Å². The van der Waals surface area contributed by atoms with Crippen molar-refractivity contribution >= 4 is 17.3 Å². The third kappa shape index (κ3) is 3.57. The Kier molecular flexibility index (Phi) is 4.39. The van der Waals surface area contributed by atoms with E-state index in [-0.39, 0.29) is 5.69 Å². The summed E-state index contributed by atoms with van der Waals surface area (Å²) in [4.78, 5) is 17.1. The number of hydrogen-bond acceptors (Lipinski definition) is 6. The zero-order chi connectivity index (χ0) is 14.7. The van der Waals surface area contributed by atoms with Crippen LogP contribution >= 0.6 is 0 Å². The van der Waals surface area contributed by atoms with Crippen LogP contribution in [0, 0.1) is 10.1 Å². The number of likely N-dealkylation sites (N-methyl/N-ethyl adjacent to an activating group) is 1. The van der Waals surface area contributed by atoms with Gasteiger partial charge in [-0.2, -0.15) is 0 Å². The molecular weight excluding hydrogens is 258 g/mol. The standard InChI is InChI=1S/C13H21N5O2/c1-9(17(3)10-4-5-10)8-15-13-7-11(18(19)20)6-12(14-2)16-13/h6-7,9-10H,4-5,8H2,1-3H3,(H2,14,15,16). The normalized spacial score (nSPS) is 16.0. The molecule has 1 aliphatic rings. The van der Waals surface area contributed by atoms with Crippen LogP contribution in [0.1, 0.15) is 19.8 Å². The molecule has 0 aromatic carbocycles. The van der Waals surface area contributed by atoms with E-state index in [1.54, 1.807) is 7.05 Å². The first kappa shape index (κ1) is 14.5. The summed E-state index contributed by atoms with van der Waals surface area (Å²) >= 11 is 0. The second-order valence-electron chi connectivity index (χ2n) is 5.23. The third-order valence-electron chi connectivity index (χ3n) is 3.67. The minimum atomic E-state index is -0.409. The largest absolute Gasteiger partial charge is 0.373 e. The first-order valence-corrected chi connectivity index (χ1v) is 6.81. The van der Waals surface area contributed by atoms with Crippen LogP contribution < -0.4 is 10.6 Å². The maximum atomic E-state index is 10.9. The number of nitrogens with zero attached hydrogens (tertiary/aromatic N) is 3. The topological polar surface area (TPSA) is 83.3 Å². The monoisotopic (exact) mass is 279 g/mol. The van der Waals surface area contributed by atoms with Crippen molar-refractivity contribution in [2.24, 2.45) is 0 Å². The lowest BCUT2D eigenvalue weighted by molar-refractivity contribution is -0.384. The SMILES string of the molecule is CNc1cc([N+](=O)[O-])cc(NCC(C)N(C)C2CC2)n1. The van der Waals surface area contributed by atoms with E-state index in [0.29, 0.717) is 30.3 Å². The molecule has 1 heterocycles. The Balaban J connectivity index is 2.00. The average Bonchev–Trinajstić information content (AvgIpc) is 3.27. The van der Waals surface area contributed by atoms with E-state index in [1.165, 1.54) is 25.0 Å². The van der Waals surface area contributed by atoms with Gasteiger partial charge in [-0.05, 0) is 26.8 Å². The highest BCUT2D eigenvalue weighted by atomic mass is 16.6. The summed E-state index contributed by atoms with van der Waals surface area (Å²) in [6.07, 6.45) is 2.53. The molecule has 2 N–H and O–H groups in total. The number of nitrogens with one attached hydrogen (secondary N) is 2. The number of pyridine rings is 1. The first-order valence-electron chi connectivity index (χ1n) is 6.81. The van der Waals surface area contributed by atoms with Crippen molar-refractivity contribution in [3.05, 3.63) is 22.2 Å². The summed E-state index contributed by atoms with van der Waals surface area (Å²) in [5, 5.41) is 16.9. The number of anilines is 2. The molecule has 0 saturated heterocycles. The van der Waals surface area contributed by atoms with Crippen LogP contribution in [0.4, 0.5) is 17.3 Å². The summed E-state index contributed by atoms with van der Waals surface area (Å²) in [5.74, 6) is 1.02. The minimum absolute atomic E-state index is 0.0371. The maximum Gasteiger partial charge on any atom is 0.276 e. The molecule has 1 saturated carbocycles. The van der Waals surface area contributed by atoms with Gasteiger partial charge in [-0.15, -0.1) is 0 Å². The summed E-state index contributed by atoms with van der Waals surface area (Å²) < 4.78 is 0. The van der Waals surface area contributed by atoms with E-state index >= 15 is 0 Å². The Bertz CT molecular complexity index is 490. The van der Waals surface area contributed by atoms with Crippen molar-refractivity contribution in [3.8, 4) is 0 Å². The predicted octanol–water partition coefficient (Wildman–Crippen LogP) is 1.93. The van der Waals surface area contributed by atoms with Gasteiger partial charge in [-0.25, -0.2) is 4.98 Å². The number of hydrogen-bond donors (Lipinski definition) is 2. The molecular formula is C13H21N5O2. The van der Waals surface area contributed by atoms with Crippen LogP contribution in [-0.2, 0) is 0 Å². The summed E-state index contributed by atoms with van der Waals surface area (Å²) in [5.41, 5.74) is 0.0371. The molecule has 1 fully saturated rings. The lowest BCUT2D eigenvalue weighted by Crippen LogP contribution is -2.36. The Morgan fingerprint density at radius 1 is 1.50 bits per heavy atom. The molecule has 0 spiro atoms. The fourth-order valence-corrected chi connectivity index (χ4v) is 2.08. The van der Waals surface area contributed by atoms with E-state index in [4.69, 9.17) is 0 Å². The van der Waals surface area contributed by atoms with E-state index in [1.807, 2.05) is 0 Å². The van der Waals surface area contributed by atoms with Gasteiger partial charge in [-0.3, -0.25) is 15.0 Å². The second kappa shape index (κ2) is 6.04. The second-order valence-corrected chi connectivity index (χ2v) is 5.23. The average molecular weight is 279 g/mol. The smallest absolute Gasteiger partial charge is 0.276 e. The summed E-state index contributed by atoms with van der Waals surface area (Å²) in [7, 11) is 3.81. The van der Waals surface area contributed by atoms with Gasteiger partial charge < -0.3 is 10.6 Å². The Morgan fingerprint density at radius 2 is 2.15 bits per heavy atom. The molecule has 1 atom stereocenters. The molecule has 0 aliphatic heterocycles. The molecule has 1 aliphatic carbocycles. The van der Waals surface area contributed by atoms with Crippen LogP contribution in [0.2, 0.25) is 0 Å². The van der Waals surface area contributed by atoms with Crippen LogP contribution in [0.25, 0.3) is 0 Å². The predicted molar refractivity (Wildman–Crippen MR) is 79.2 cm³/mol. The minimum Gasteiger partial charge on any atom is -0.373 e. The van der Waals surface area contributed by atoms with E-state index in [0.717, 1.165) is 0 Å². The molecule has 1 unspecified atom stereocenters. The molecule has 0 amide bonds. The number of rotatable bonds is 7. The van der Waals surface area contributed by atoms with Crippen molar-refractivity contribution < 1.29 is 4.92 Å². The van der Waals surface area contributed by atoms with Crippen molar-refractivity contribution in [2.75, 3.05) is 31.3 Å². The van der Waals surface area contributed by atoms with E-state index < -0.39 is 4.92 Å². The quantitative estimate of drug-likeness (QED) is 0.586. The van der Waals surface area contributed by atoms with Gasteiger partial charge in [0.15, 0.2) is 0 Å². The zero-order valence-electron chi connectivity index (χ0n) is 12.1. The van der Waals surface area contributed by atoms with Gasteiger partial charge in [0.05, 0.1) is 17.1 Å². The van der Waals surface area contributed by atoms with Gasteiger partial charge in [-0.1, -0.05) is 0 Å². The summed E-state index contributed by atoms with van der Waals surface area (Å²) in [6.45, 7) is 2.85. The molecule has 2 rings (SSSR count). The fourth-order valence-electron chi connectivity index (χ4n) is 2.08. The number of nitro groups is 1. The van der Waals surface area contributed by atoms with Crippen LogP contribution in [0.15, 0.2) is 12.1 Å². The molecule has 0 radical (unpaired) electrons. The molecule has 0 bridgehead atoms. The summed E-state index contributed by atoms with van der Waals surface area (Å²) in [6, 6.07) is 3.94. The fraction of sp³-hybridized carbons (Fsp3) is 0.615. The Morgan fingerprint density at radius 3 is 2.70 bits per heavy atom. The molecule has 110 valence electrons. The first-order chi connectivity index (χ1) is 9.51. The lowest BCUT2D eigenvalue weighted by atomic mass is 10.3. The highest BCUT2D eigenvalue weighted by Gasteiger charge is 2.28. The Hall–Kier alpha value is -1.89.